The molecule has 5 heteroatoms. The van der Waals surface area contributed by atoms with Gasteiger partial charge in [0.05, 0.1) is 12.8 Å². The van der Waals surface area contributed by atoms with Gasteiger partial charge >= 0.3 is 5.97 Å². The van der Waals surface area contributed by atoms with Gasteiger partial charge in [0, 0.05) is 17.4 Å². The van der Waals surface area contributed by atoms with E-state index in [4.69, 9.17) is 0 Å². The van der Waals surface area contributed by atoms with Crippen molar-refractivity contribution in [2.24, 2.45) is 0 Å². The zero-order valence-corrected chi connectivity index (χ0v) is 10.5. The summed E-state index contributed by atoms with van der Waals surface area (Å²) in [4.78, 5) is 10.8. The molecule has 0 amide bonds. The Balaban J connectivity index is 2.37. The normalized spacial score (nSPS) is 9.94. The third-order valence-electron chi connectivity index (χ3n) is 2.03. The minimum absolute atomic E-state index is 0.236. The number of benzene rings is 1. The standard InChI is InChI=1S/C11H13BrFNO2/c1-16-11(15)3-2-6-14-10-7-8(13)4-5-9(10)12/h4-5,7,14H,2-3,6H2,1H3. The van der Waals surface area contributed by atoms with Crippen molar-refractivity contribution in [2.45, 2.75) is 12.8 Å². The lowest BCUT2D eigenvalue weighted by Crippen LogP contribution is -2.07. The molecule has 1 N–H and O–H groups in total. The average molecular weight is 290 g/mol. The van der Waals surface area contributed by atoms with E-state index in [0.29, 0.717) is 25.1 Å². The topological polar surface area (TPSA) is 38.3 Å². The fourth-order valence-electron chi connectivity index (χ4n) is 1.19. The van der Waals surface area contributed by atoms with Gasteiger partial charge in [-0.15, -0.1) is 0 Å². The van der Waals surface area contributed by atoms with Crippen LogP contribution in [0.25, 0.3) is 0 Å². The molecule has 0 saturated heterocycles. The molecular weight excluding hydrogens is 277 g/mol. The highest BCUT2D eigenvalue weighted by Crippen LogP contribution is 2.22. The first kappa shape index (κ1) is 13.0. The van der Waals surface area contributed by atoms with Crippen molar-refractivity contribution >= 4 is 27.6 Å². The first-order valence-electron chi connectivity index (χ1n) is 4.89. The Morgan fingerprint density at radius 1 is 1.56 bits per heavy atom. The average Bonchev–Trinajstić information content (AvgIpc) is 2.28. The molecule has 0 spiro atoms. The molecule has 0 atom stereocenters. The number of ether oxygens (including phenoxy) is 1. The third-order valence-corrected chi connectivity index (χ3v) is 2.72. The van der Waals surface area contributed by atoms with Crippen LogP contribution in [-0.2, 0) is 9.53 Å². The van der Waals surface area contributed by atoms with Gasteiger partial charge in [0.1, 0.15) is 5.82 Å². The van der Waals surface area contributed by atoms with E-state index in [2.05, 4.69) is 26.0 Å². The van der Waals surface area contributed by atoms with Crippen LogP contribution in [0.1, 0.15) is 12.8 Å². The number of halogens is 2. The van der Waals surface area contributed by atoms with Gasteiger partial charge in [-0.3, -0.25) is 4.79 Å². The number of nitrogens with one attached hydrogen (secondary N) is 1. The maximum Gasteiger partial charge on any atom is 0.305 e. The zero-order valence-electron chi connectivity index (χ0n) is 8.93. The molecule has 3 nitrogen and oxygen atoms in total. The van der Waals surface area contributed by atoms with E-state index in [1.54, 1.807) is 6.07 Å². The summed E-state index contributed by atoms with van der Waals surface area (Å²) in [6.45, 7) is 0.594. The maximum atomic E-state index is 12.9. The molecule has 0 heterocycles. The molecule has 0 aliphatic heterocycles. The second kappa shape index (κ2) is 6.48. The summed E-state index contributed by atoms with van der Waals surface area (Å²) in [7, 11) is 1.36. The van der Waals surface area contributed by atoms with Crippen LogP contribution < -0.4 is 5.32 Å². The van der Waals surface area contributed by atoms with Gasteiger partial charge in [-0.1, -0.05) is 0 Å². The predicted molar refractivity (Wildman–Crippen MR) is 63.8 cm³/mol. The maximum absolute atomic E-state index is 12.9. The highest BCUT2D eigenvalue weighted by molar-refractivity contribution is 9.10. The summed E-state index contributed by atoms with van der Waals surface area (Å²) in [5.41, 5.74) is 0.685. The number of carbonyl (C=O) groups excluding carboxylic acids is 1. The quantitative estimate of drug-likeness (QED) is 0.669. The molecule has 88 valence electrons. The van der Waals surface area contributed by atoms with E-state index in [-0.39, 0.29) is 11.8 Å². The lowest BCUT2D eigenvalue weighted by atomic mass is 10.2. The molecule has 16 heavy (non-hydrogen) atoms. The first-order chi connectivity index (χ1) is 7.63. The van der Waals surface area contributed by atoms with Crippen LogP contribution in [0.15, 0.2) is 22.7 Å². The Morgan fingerprint density at radius 3 is 3.00 bits per heavy atom. The Kier molecular flexibility index (Phi) is 5.25. The lowest BCUT2D eigenvalue weighted by Gasteiger charge is -2.07. The fraction of sp³-hybridized carbons (Fsp3) is 0.364. The minimum atomic E-state index is -0.293. The Hall–Kier alpha value is -1.10. The summed E-state index contributed by atoms with van der Waals surface area (Å²) in [5, 5.41) is 3.04. The summed E-state index contributed by atoms with van der Waals surface area (Å²) >= 11 is 3.30. The van der Waals surface area contributed by atoms with Crippen molar-refractivity contribution < 1.29 is 13.9 Å². The van der Waals surface area contributed by atoms with Gasteiger partial charge in [-0.05, 0) is 40.5 Å². The van der Waals surface area contributed by atoms with Crippen molar-refractivity contribution in [3.8, 4) is 0 Å². The molecule has 0 aromatic heterocycles. The SMILES string of the molecule is COC(=O)CCCNc1cc(F)ccc1Br. The summed E-state index contributed by atoms with van der Waals surface area (Å²) in [6, 6.07) is 4.42. The number of hydrogen-bond acceptors (Lipinski definition) is 3. The lowest BCUT2D eigenvalue weighted by molar-refractivity contribution is -0.140. The molecule has 0 bridgehead atoms. The molecule has 0 aliphatic carbocycles. The van der Waals surface area contributed by atoms with Crippen LogP contribution in [-0.4, -0.2) is 19.6 Å². The number of rotatable bonds is 5. The second-order valence-electron chi connectivity index (χ2n) is 3.23. The molecule has 0 radical (unpaired) electrons. The van der Waals surface area contributed by atoms with E-state index in [9.17, 15) is 9.18 Å². The molecule has 1 rings (SSSR count). The molecule has 0 unspecified atom stereocenters. The highest BCUT2D eigenvalue weighted by Gasteiger charge is 2.02. The van der Waals surface area contributed by atoms with Crippen LogP contribution in [0.3, 0.4) is 0 Å². The zero-order chi connectivity index (χ0) is 12.0. The van der Waals surface area contributed by atoms with Gasteiger partial charge in [0.25, 0.3) is 0 Å². The minimum Gasteiger partial charge on any atom is -0.469 e. The summed E-state index contributed by atoms with van der Waals surface area (Å²) in [6.07, 6.45) is 1.01. The monoisotopic (exact) mass is 289 g/mol. The molecule has 1 aromatic rings. The van der Waals surface area contributed by atoms with Crippen LogP contribution >= 0.6 is 15.9 Å². The van der Waals surface area contributed by atoms with E-state index >= 15 is 0 Å². The van der Waals surface area contributed by atoms with Crippen LogP contribution in [0.4, 0.5) is 10.1 Å². The Bertz CT molecular complexity index is 371. The molecule has 0 saturated carbocycles. The van der Waals surface area contributed by atoms with Crippen LogP contribution in [0.5, 0.6) is 0 Å². The van der Waals surface area contributed by atoms with Crippen molar-refractivity contribution in [1.29, 1.82) is 0 Å². The molecule has 0 aliphatic rings. The van der Waals surface area contributed by atoms with Crippen molar-refractivity contribution in [1.82, 2.24) is 0 Å². The van der Waals surface area contributed by atoms with Gasteiger partial charge < -0.3 is 10.1 Å². The van der Waals surface area contributed by atoms with E-state index in [0.717, 1.165) is 4.47 Å². The molecular formula is C11H13BrFNO2. The van der Waals surface area contributed by atoms with Gasteiger partial charge in [-0.2, -0.15) is 0 Å². The molecule has 0 fully saturated rings. The van der Waals surface area contributed by atoms with Crippen molar-refractivity contribution in [3.63, 3.8) is 0 Å². The Labute approximate surface area is 102 Å². The summed E-state index contributed by atoms with van der Waals surface area (Å²) < 4.78 is 18.2. The number of methoxy groups -OCH3 is 1. The Morgan fingerprint density at radius 2 is 2.31 bits per heavy atom. The van der Waals surface area contributed by atoms with Crippen LogP contribution in [0.2, 0.25) is 0 Å². The second-order valence-corrected chi connectivity index (χ2v) is 4.08. The van der Waals surface area contributed by atoms with Crippen molar-refractivity contribution in [2.75, 3.05) is 19.0 Å². The van der Waals surface area contributed by atoms with Crippen molar-refractivity contribution in [3.05, 3.63) is 28.5 Å². The smallest absolute Gasteiger partial charge is 0.305 e. The number of esters is 1. The highest BCUT2D eigenvalue weighted by atomic mass is 79.9. The number of anilines is 1. The molecule has 1 aromatic carbocycles. The van der Waals surface area contributed by atoms with Gasteiger partial charge in [-0.25, -0.2) is 4.39 Å². The predicted octanol–water partition coefficient (Wildman–Crippen LogP) is 2.95. The number of carbonyl (C=O) groups is 1. The van der Waals surface area contributed by atoms with Gasteiger partial charge in [0.2, 0.25) is 0 Å². The largest absolute Gasteiger partial charge is 0.469 e. The fourth-order valence-corrected chi connectivity index (χ4v) is 1.58. The number of hydrogen-bond donors (Lipinski definition) is 1. The van der Waals surface area contributed by atoms with Crippen LogP contribution in [0, 0.1) is 5.82 Å². The first-order valence-corrected chi connectivity index (χ1v) is 5.68. The van der Waals surface area contributed by atoms with E-state index in [1.165, 1.54) is 19.2 Å². The van der Waals surface area contributed by atoms with E-state index in [1.807, 2.05) is 0 Å². The van der Waals surface area contributed by atoms with E-state index < -0.39 is 0 Å². The summed E-state index contributed by atoms with van der Waals surface area (Å²) in [5.74, 6) is -0.529. The van der Waals surface area contributed by atoms with Gasteiger partial charge in [0.15, 0.2) is 0 Å². The third kappa shape index (κ3) is 4.18.